The summed E-state index contributed by atoms with van der Waals surface area (Å²) in [5.41, 5.74) is 1.11. The third-order valence-electron chi connectivity index (χ3n) is 3.18. The Labute approximate surface area is 130 Å². The Kier molecular flexibility index (Phi) is 6.28. The molecule has 0 saturated carbocycles. The summed E-state index contributed by atoms with van der Waals surface area (Å²) in [6.07, 6.45) is 5.89. The van der Waals surface area contributed by atoms with Crippen molar-refractivity contribution in [2.75, 3.05) is 12.4 Å². The van der Waals surface area contributed by atoms with Crippen molar-refractivity contribution in [3.8, 4) is 11.4 Å². The van der Waals surface area contributed by atoms with E-state index in [0.29, 0.717) is 18.8 Å². The van der Waals surface area contributed by atoms with E-state index < -0.39 is 0 Å². The van der Waals surface area contributed by atoms with E-state index in [-0.39, 0.29) is 5.91 Å². The zero-order valence-corrected chi connectivity index (χ0v) is 12.7. The summed E-state index contributed by atoms with van der Waals surface area (Å²) < 4.78 is 2.11. The summed E-state index contributed by atoms with van der Waals surface area (Å²) >= 11 is 5.56. The number of alkyl halides is 1. The fourth-order valence-corrected chi connectivity index (χ4v) is 2.26. The van der Waals surface area contributed by atoms with Gasteiger partial charge >= 0.3 is 0 Å². The second-order valence-electron chi connectivity index (χ2n) is 4.81. The fourth-order valence-electron chi connectivity index (χ4n) is 2.13. The van der Waals surface area contributed by atoms with Crippen LogP contribution in [0.15, 0.2) is 42.7 Å². The van der Waals surface area contributed by atoms with Gasteiger partial charge in [-0.05, 0) is 12.8 Å². The molecule has 1 aromatic heterocycles. The van der Waals surface area contributed by atoms with Gasteiger partial charge in [0, 0.05) is 43.3 Å². The molecule has 112 valence electrons. The SMILES string of the molecule is O=C(CCCCl)NCCCn1ccnc1-c1ccccc1. The van der Waals surface area contributed by atoms with Crippen LogP contribution in [0.4, 0.5) is 0 Å². The van der Waals surface area contributed by atoms with Crippen molar-refractivity contribution < 1.29 is 4.79 Å². The Morgan fingerprint density at radius 3 is 2.81 bits per heavy atom. The van der Waals surface area contributed by atoms with E-state index in [0.717, 1.165) is 30.8 Å². The van der Waals surface area contributed by atoms with Gasteiger partial charge in [0.25, 0.3) is 0 Å². The third-order valence-corrected chi connectivity index (χ3v) is 3.45. The summed E-state index contributed by atoms with van der Waals surface area (Å²) in [7, 11) is 0. The van der Waals surface area contributed by atoms with Crippen LogP contribution in [0.2, 0.25) is 0 Å². The zero-order valence-electron chi connectivity index (χ0n) is 12.0. The molecule has 21 heavy (non-hydrogen) atoms. The number of nitrogens with zero attached hydrogens (tertiary/aromatic N) is 2. The number of aryl methyl sites for hydroxylation is 1. The summed E-state index contributed by atoms with van der Waals surface area (Å²) in [6, 6.07) is 10.1. The summed E-state index contributed by atoms with van der Waals surface area (Å²) in [5, 5.41) is 2.91. The fraction of sp³-hybridized carbons (Fsp3) is 0.375. The van der Waals surface area contributed by atoms with Gasteiger partial charge in [0.1, 0.15) is 5.82 Å². The number of rotatable bonds is 8. The lowest BCUT2D eigenvalue weighted by molar-refractivity contribution is -0.121. The molecular formula is C16H20ClN3O. The Morgan fingerprint density at radius 1 is 1.24 bits per heavy atom. The van der Waals surface area contributed by atoms with E-state index in [9.17, 15) is 4.79 Å². The van der Waals surface area contributed by atoms with E-state index >= 15 is 0 Å². The monoisotopic (exact) mass is 305 g/mol. The highest BCUT2D eigenvalue weighted by atomic mass is 35.5. The van der Waals surface area contributed by atoms with Crippen LogP contribution in [0.25, 0.3) is 11.4 Å². The lowest BCUT2D eigenvalue weighted by Gasteiger charge is -2.09. The number of carbonyl (C=O) groups is 1. The van der Waals surface area contributed by atoms with E-state index in [1.54, 1.807) is 6.20 Å². The molecule has 1 aromatic carbocycles. The first-order valence-corrected chi connectivity index (χ1v) is 7.74. The molecule has 0 radical (unpaired) electrons. The van der Waals surface area contributed by atoms with Gasteiger partial charge in [-0.1, -0.05) is 30.3 Å². The van der Waals surface area contributed by atoms with Gasteiger partial charge in [-0.3, -0.25) is 4.79 Å². The quantitative estimate of drug-likeness (QED) is 0.602. The van der Waals surface area contributed by atoms with Crippen molar-refractivity contribution in [2.45, 2.75) is 25.8 Å². The zero-order chi connectivity index (χ0) is 14.9. The first-order chi connectivity index (χ1) is 10.3. The smallest absolute Gasteiger partial charge is 0.220 e. The molecular weight excluding hydrogens is 286 g/mol. The second-order valence-corrected chi connectivity index (χ2v) is 5.18. The molecule has 0 aliphatic rings. The van der Waals surface area contributed by atoms with Crippen LogP contribution in [-0.4, -0.2) is 27.9 Å². The van der Waals surface area contributed by atoms with Crippen molar-refractivity contribution in [1.82, 2.24) is 14.9 Å². The molecule has 0 aliphatic carbocycles. The molecule has 0 atom stereocenters. The molecule has 0 fully saturated rings. The van der Waals surface area contributed by atoms with Crippen LogP contribution >= 0.6 is 11.6 Å². The van der Waals surface area contributed by atoms with E-state index in [4.69, 9.17) is 11.6 Å². The number of nitrogens with one attached hydrogen (secondary N) is 1. The average molecular weight is 306 g/mol. The summed E-state index contributed by atoms with van der Waals surface area (Å²) in [4.78, 5) is 15.9. The lowest BCUT2D eigenvalue weighted by Crippen LogP contribution is -2.25. The molecule has 0 bridgehead atoms. The van der Waals surface area contributed by atoms with Crippen LogP contribution in [0, 0.1) is 0 Å². The highest BCUT2D eigenvalue weighted by molar-refractivity contribution is 6.17. The number of halogens is 1. The highest BCUT2D eigenvalue weighted by Gasteiger charge is 2.05. The summed E-state index contributed by atoms with van der Waals surface area (Å²) in [5.74, 6) is 1.57. The molecule has 5 heteroatoms. The minimum Gasteiger partial charge on any atom is -0.356 e. The van der Waals surface area contributed by atoms with Gasteiger partial charge in [-0.15, -0.1) is 11.6 Å². The first kappa shape index (κ1) is 15.6. The number of amides is 1. The first-order valence-electron chi connectivity index (χ1n) is 7.20. The van der Waals surface area contributed by atoms with Crippen molar-refractivity contribution in [2.24, 2.45) is 0 Å². The number of imidazole rings is 1. The van der Waals surface area contributed by atoms with E-state index in [2.05, 4.69) is 14.9 Å². The van der Waals surface area contributed by atoms with Gasteiger partial charge in [0.2, 0.25) is 5.91 Å². The number of aromatic nitrogens is 2. The molecule has 0 saturated heterocycles. The number of benzene rings is 1. The Balaban J connectivity index is 1.80. The van der Waals surface area contributed by atoms with Crippen LogP contribution < -0.4 is 5.32 Å². The molecule has 2 aromatic rings. The molecule has 4 nitrogen and oxygen atoms in total. The molecule has 1 amide bonds. The number of carbonyl (C=O) groups excluding carboxylic acids is 1. The standard InChI is InChI=1S/C16H20ClN3O/c17-9-4-8-15(21)18-10-5-12-20-13-11-19-16(20)14-6-2-1-3-7-14/h1-3,6-7,11,13H,4-5,8-10,12H2,(H,18,21). The minimum atomic E-state index is 0.0737. The normalized spacial score (nSPS) is 10.5. The molecule has 1 N–H and O–H groups in total. The van der Waals surface area contributed by atoms with Gasteiger partial charge in [-0.25, -0.2) is 4.98 Å². The second kappa shape index (κ2) is 8.47. The van der Waals surface area contributed by atoms with Crippen LogP contribution in [0.3, 0.4) is 0 Å². The Bertz CT molecular complexity index is 554. The lowest BCUT2D eigenvalue weighted by atomic mass is 10.2. The van der Waals surface area contributed by atoms with Crippen molar-refractivity contribution in [3.05, 3.63) is 42.7 Å². The predicted octanol–water partition coefficient (Wildman–Crippen LogP) is 3.08. The maximum atomic E-state index is 11.5. The molecule has 1 heterocycles. The average Bonchev–Trinajstić information content (AvgIpc) is 2.99. The maximum Gasteiger partial charge on any atom is 0.220 e. The van der Waals surface area contributed by atoms with Crippen LogP contribution in [-0.2, 0) is 11.3 Å². The Hall–Kier alpha value is -1.81. The molecule has 0 aliphatic heterocycles. The topological polar surface area (TPSA) is 46.9 Å². The van der Waals surface area contributed by atoms with Crippen molar-refractivity contribution in [1.29, 1.82) is 0 Å². The summed E-state index contributed by atoms with van der Waals surface area (Å²) in [6.45, 7) is 1.51. The largest absolute Gasteiger partial charge is 0.356 e. The van der Waals surface area contributed by atoms with Gasteiger partial charge in [0.05, 0.1) is 0 Å². The number of hydrogen-bond acceptors (Lipinski definition) is 2. The molecule has 0 unspecified atom stereocenters. The van der Waals surface area contributed by atoms with Gasteiger partial charge in [-0.2, -0.15) is 0 Å². The van der Waals surface area contributed by atoms with Crippen LogP contribution in [0.5, 0.6) is 0 Å². The molecule has 0 spiro atoms. The molecule has 2 rings (SSSR count). The Morgan fingerprint density at radius 2 is 2.05 bits per heavy atom. The van der Waals surface area contributed by atoms with Crippen molar-refractivity contribution in [3.63, 3.8) is 0 Å². The third kappa shape index (κ3) is 4.90. The van der Waals surface area contributed by atoms with E-state index in [1.807, 2.05) is 36.5 Å². The minimum absolute atomic E-state index is 0.0737. The maximum absolute atomic E-state index is 11.5. The highest BCUT2D eigenvalue weighted by Crippen LogP contribution is 2.16. The number of hydrogen-bond donors (Lipinski definition) is 1. The van der Waals surface area contributed by atoms with Crippen molar-refractivity contribution >= 4 is 17.5 Å². The van der Waals surface area contributed by atoms with Gasteiger partial charge in [0.15, 0.2) is 0 Å². The van der Waals surface area contributed by atoms with E-state index in [1.165, 1.54) is 0 Å². The predicted molar refractivity (Wildman–Crippen MR) is 85.2 cm³/mol. The van der Waals surface area contributed by atoms with Crippen LogP contribution in [0.1, 0.15) is 19.3 Å². The van der Waals surface area contributed by atoms with Gasteiger partial charge < -0.3 is 9.88 Å².